The highest BCUT2D eigenvalue weighted by atomic mass is 79.9. The Morgan fingerprint density at radius 2 is 1.50 bits per heavy atom. The number of aromatic nitrogens is 1. The van der Waals surface area contributed by atoms with Crippen molar-refractivity contribution in [1.82, 2.24) is 0 Å². The van der Waals surface area contributed by atoms with Crippen molar-refractivity contribution in [1.29, 1.82) is 0 Å². The van der Waals surface area contributed by atoms with Gasteiger partial charge in [0.1, 0.15) is 0 Å². The maximum Gasteiger partial charge on any atom is 0.212 e. The molecule has 1 nitrogen and oxygen atoms in total. The lowest BCUT2D eigenvalue weighted by molar-refractivity contribution is -0.660. The van der Waals surface area contributed by atoms with Gasteiger partial charge in [-0.1, -0.05) is 48.5 Å². The predicted molar refractivity (Wildman–Crippen MR) is 79.6 cm³/mol. The van der Waals surface area contributed by atoms with Gasteiger partial charge in [0.15, 0.2) is 12.7 Å². The first kappa shape index (κ1) is 14.5. The van der Waals surface area contributed by atoms with E-state index in [9.17, 15) is 0 Å². The molecule has 100 valence electrons. The summed E-state index contributed by atoms with van der Waals surface area (Å²) in [7, 11) is 0. The van der Waals surface area contributed by atoms with Crippen LogP contribution in [0.3, 0.4) is 0 Å². The number of pyridine rings is 1. The van der Waals surface area contributed by atoms with Crippen LogP contribution < -0.4 is 21.5 Å². The van der Waals surface area contributed by atoms with Crippen LogP contribution >= 0.6 is 0 Å². The fraction of sp³-hybridized carbons (Fsp3) is 0.0556. The summed E-state index contributed by atoms with van der Waals surface area (Å²) >= 11 is 0. The molecule has 0 unspecified atom stereocenters. The van der Waals surface area contributed by atoms with Crippen LogP contribution in [-0.2, 0) is 6.54 Å². The molecule has 0 spiro atoms. The third kappa shape index (κ3) is 3.34. The zero-order chi connectivity index (χ0) is 12.9. The summed E-state index contributed by atoms with van der Waals surface area (Å²) in [4.78, 5) is 0. The first-order chi connectivity index (χ1) is 9.43. The second kappa shape index (κ2) is 7.01. The third-order valence-corrected chi connectivity index (χ3v) is 3.20. The normalized spacial score (nSPS) is 10.6. The van der Waals surface area contributed by atoms with Crippen LogP contribution in [-0.4, -0.2) is 0 Å². The number of rotatable bonds is 3. The Hall–Kier alpha value is -1.93. The molecule has 3 aromatic rings. The fourth-order valence-electron chi connectivity index (χ4n) is 2.25. The third-order valence-electron chi connectivity index (χ3n) is 3.20. The van der Waals surface area contributed by atoms with Crippen molar-refractivity contribution in [3.63, 3.8) is 0 Å². The monoisotopic (exact) mass is 325 g/mol. The van der Waals surface area contributed by atoms with E-state index in [1.54, 1.807) is 0 Å². The average molecular weight is 326 g/mol. The summed E-state index contributed by atoms with van der Waals surface area (Å²) < 4.78 is 2.26. The average Bonchev–Trinajstić information content (AvgIpc) is 2.49. The van der Waals surface area contributed by atoms with Gasteiger partial charge in [-0.15, -0.1) is 0 Å². The summed E-state index contributed by atoms with van der Waals surface area (Å²) in [6, 6.07) is 23.1. The molecule has 0 saturated carbocycles. The molecule has 0 N–H and O–H groups in total. The van der Waals surface area contributed by atoms with Crippen LogP contribution in [0.2, 0.25) is 0 Å². The topological polar surface area (TPSA) is 3.88 Å². The van der Waals surface area contributed by atoms with Crippen molar-refractivity contribution in [2.45, 2.75) is 6.54 Å². The molecule has 0 aliphatic heterocycles. The molecule has 2 aromatic carbocycles. The number of halogens is 1. The van der Waals surface area contributed by atoms with E-state index in [1.165, 1.54) is 16.5 Å². The van der Waals surface area contributed by atoms with E-state index in [0.717, 1.165) is 6.54 Å². The van der Waals surface area contributed by atoms with E-state index in [4.69, 9.17) is 0 Å². The van der Waals surface area contributed by atoms with Crippen LogP contribution in [0.4, 0.5) is 0 Å². The van der Waals surface area contributed by atoms with Gasteiger partial charge in [0, 0.05) is 17.5 Å². The molecule has 1 heterocycles. The summed E-state index contributed by atoms with van der Waals surface area (Å²) in [5, 5.41) is 1.28. The van der Waals surface area contributed by atoms with E-state index in [-0.39, 0.29) is 17.0 Å². The molecule has 2 heteroatoms. The number of para-hydroxylation sites is 1. The Bertz CT molecular complexity index is 699. The van der Waals surface area contributed by atoms with Gasteiger partial charge in [-0.3, -0.25) is 0 Å². The molecule has 0 atom stereocenters. The second-order valence-corrected chi connectivity index (χ2v) is 4.53. The number of hydrogen-bond acceptors (Lipinski definition) is 0. The van der Waals surface area contributed by atoms with Crippen molar-refractivity contribution in [2.75, 3.05) is 0 Å². The molecule has 20 heavy (non-hydrogen) atoms. The Morgan fingerprint density at radius 3 is 2.35 bits per heavy atom. The van der Waals surface area contributed by atoms with E-state index in [1.807, 2.05) is 6.07 Å². The summed E-state index contributed by atoms with van der Waals surface area (Å²) in [5.41, 5.74) is 2.51. The lowest BCUT2D eigenvalue weighted by Gasteiger charge is -1.98. The standard InChI is InChI=1S/C18H16N.BrH/c1-2-8-16(9-3-1)10-6-14-19-15-7-12-17-11-4-5-13-18(17)19;/h1-13,15H,14H2;1H/q+1;/p-1. The summed E-state index contributed by atoms with van der Waals surface area (Å²) in [5.74, 6) is 0. The molecule has 0 saturated heterocycles. The van der Waals surface area contributed by atoms with Gasteiger partial charge < -0.3 is 17.0 Å². The Kier molecular flexibility index (Phi) is 5.08. The van der Waals surface area contributed by atoms with Crippen LogP contribution in [0, 0.1) is 0 Å². The smallest absolute Gasteiger partial charge is 0.212 e. The largest absolute Gasteiger partial charge is 1.00 e. The SMILES string of the molecule is C(=Cc1ccccc1)C[n+]1cccc2ccccc21.[Br-]. The Labute approximate surface area is 130 Å². The van der Waals surface area contributed by atoms with Crippen molar-refractivity contribution in [2.24, 2.45) is 0 Å². The Balaban J connectivity index is 0.00000147. The first-order valence-electron chi connectivity index (χ1n) is 6.52. The maximum atomic E-state index is 2.26. The molecule has 0 aliphatic rings. The molecule has 3 rings (SSSR count). The fourth-order valence-corrected chi connectivity index (χ4v) is 2.25. The number of fused-ring (bicyclic) bond motifs is 1. The van der Waals surface area contributed by atoms with Gasteiger partial charge in [0.05, 0.1) is 0 Å². The lowest BCUT2D eigenvalue weighted by atomic mass is 10.2. The highest BCUT2D eigenvalue weighted by Crippen LogP contribution is 2.08. The number of allylic oxidation sites excluding steroid dienone is 1. The molecular formula is C18H16BrN. The minimum absolute atomic E-state index is 0. The minimum atomic E-state index is 0. The van der Waals surface area contributed by atoms with Crippen molar-refractivity contribution < 1.29 is 21.5 Å². The zero-order valence-electron chi connectivity index (χ0n) is 11.1. The van der Waals surface area contributed by atoms with E-state index in [0.29, 0.717) is 0 Å². The quantitative estimate of drug-likeness (QED) is 0.628. The number of hydrogen-bond donors (Lipinski definition) is 0. The van der Waals surface area contributed by atoms with E-state index >= 15 is 0 Å². The van der Waals surface area contributed by atoms with E-state index < -0.39 is 0 Å². The van der Waals surface area contributed by atoms with Gasteiger partial charge in [0.25, 0.3) is 0 Å². The molecule has 0 amide bonds. The first-order valence-corrected chi connectivity index (χ1v) is 6.52. The molecular weight excluding hydrogens is 310 g/mol. The minimum Gasteiger partial charge on any atom is -1.00 e. The van der Waals surface area contributed by atoms with Gasteiger partial charge in [-0.25, -0.2) is 0 Å². The second-order valence-electron chi connectivity index (χ2n) is 4.53. The zero-order valence-corrected chi connectivity index (χ0v) is 12.7. The lowest BCUT2D eigenvalue weighted by Crippen LogP contribution is -3.00. The van der Waals surface area contributed by atoms with Crippen LogP contribution in [0.15, 0.2) is 79.0 Å². The van der Waals surface area contributed by atoms with Crippen LogP contribution in [0.1, 0.15) is 5.56 Å². The number of benzene rings is 2. The highest BCUT2D eigenvalue weighted by molar-refractivity contribution is 5.74. The van der Waals surface area contributed by atoms with E-state index in [2.05, 4.69) is 83.6 Å². The Morgan fingerprint density at radius 1 is 0.800 bits per heavy atom. The van der Waals surface area contributed by atoms with Gasteiger partial charge in [-0.2, -0.15) is 4.57 Å². The van der Waals surface area contributed by atoms with Crippen LogP contribution in [0.25, 0.3) is 17.0 Å². The molecule has 1 aromatic heterocycles. The van der Waals surface area contributed by atoms with Gasteiger partial charge in [0.2, 0.25) is 5.52 Å². The predicted octanol–water partition coefficient (Wildman–Crippen LogP) is 0.845. The molecule has 0 radical (unpaired) electrons. The van der Waals surface area contributed by atoms with Crippen molar-refractivity contribution >= 4 is 17.0 Å². The summed E-state index contributed by atoms with van der Waals surface area (Å²) in [6.45, 7) is 0.885. The highest BCUT2D eigenvalue weighted by Gasteiger charge is 2.04. The van der Waals surface area contributed by atoms with Crippen molar-refractivity contribution in [3.8, 4) is 0 Å². The van der Waals surface area contributed by atoms with Gasteiger partial charge in [-0.05, 0) is 23.8 Å². The van der Waals surface area contributed by atoms with Crippen molar-refractivity contribution in [3.05, 3.63) is 84.6 Å². The molecule has 0 fully saturated rings. The summed E-state index contributed by atoms with van der Waals surface area (Å²) in [6.07, 6.45) is 6.48. The van der Waals surface area contributed by atoms with Crippen LogP contribution in [0.5, 0.6) is 0 Å². The number of nitrogens with zero attached hydrogens (tertiary/aromatic N) is 1. The van der Waals surface area contributed by atoms with Gasteiger partial charge >= 0.3 is 0 Å². The molecule has 0 aliphatic carbocycles. The maximum absolute atomic E-state index is 2.26. The molecule has 0 bridgehead atoms.